The fourth-order valence-electron chi connectivity index (χ4n) is 2.29. The predicted octanol–water partition coefficient (Wildman–Crippen LogP) is 0.0433. The molecule has 0 bridgehead atoms. The molecule has 20 heavy (non-hydrogen) atoms. The van der Waals surface area contributed by atoms with E-state index in [1.807, 2.05) is 6.92 Å². The van der Waals surface area contributed by atoms with Crippen LogP contribution in [-0.2, 0) is 14.6 Å². The van der Waals surface area contributed by atoms with Crippen LogP contribution in [0.1, 0.15) is 29.7 Å². The van der Waals surface area contributed by atoms with Crippen molar-refractivity contribution >= 4 is 27.4 Å². The van der Waals surface area contributed by atoms with Crippen molar-refractivity contribution in [3.8, 4) is 0 Å². The molecule has 1 saturated heterocycles. The van der Waals surface area contributed by atoms with Gasteiger partial charge in [-0.3, -0.25) is 0 Å². The van der Waals surface area contributed by atoms with Crippen molar-refractivity contribution < 1.29 is 17.9 Å². The van der Waals surface area contributed by atoms with Crippen molar-refractivity contribution in [1.29, 1.82) is 0 Å². The van der Waals surface area contributed by atoms with Gasteiger partial charge in [-0.25, -0.2) is 17.9 Å². The van der Waals surface area contributed by atoms with Crippen LogP contribution in [0.25, 0.3) is 0 Å². The number of aromatic nitrogens is 2. The highest BCUT2D eigenvalue weighted by molar-refractivity contribution is 7.91. The molecule has 2 rings (SSSR count). The number of anilines is 2. The number of carbonyl (C=O) groups is 1. The minimum absolute atomic E-state index is 0.00887. The number of methoxy groups -OCH3 is 1. The maximum absolute atomic E-state index is 11.8. The number of nitrogen functional groups attached to an aromatic ring is 1. The summed E-state index contributed by atoms with van der Waals surface area (Å²) >= 11 is 0. The molecule has 0 aromatic carbocycles. The van der Waals surface area contributed by atoms with Gasteiger partial charge in [-0.1, -0.05) is 0 Å². The number of rotatable bonds is 4. The number of nitrogens with zero attached hydrogens (tertiary/aromatic N) is 2. The molecule has 2 heterocycles. The largest absolute Gasteiger partial charge is 0.465 e. The highest BCUT2D eigenvalue weighted by Gasteiger charge is 2.33. The van der Waals surface area contributed by atoms with E-state index in [1.165, 1.54) is 11.8 Å². The molecule has 0 amide bonds. The Labute approximate surface area is 117 Å². The zero-order valence-electron chi connectivity index (χ0n) is 11.4. The Morgan fingerprint density at radius 3 is 2.80 bits per heavy atom. The van der Waals surface area contributed by atoms with E-state index >= 15 is 0 Å². The van der Waals surface area contributed by atoms with Gasteiger partial charge in [-0.2, -0.15) is 5.10 Å². The van der Waals surface area contributed by atoms with Crippen molar-refractivity contribution in [1.82, 2.24) is 9.78 Å². The van der Waals surface area contributed by atoms with Crippen molar-refractivity contribution in [3.63, 3.8) is 0 Å². The summed E-state index contributed by atoms with van der Waals surface area (Å²) in [4.78, 5) is 11.8. The van der Waals surface area contributed by atoms with E-state index in [9.17, 15) is 13.2 Å². The molecule has 112 valence electrons. The number of carbonyl (C=O) groups excluding carboxylic acids is 1. The SMILES string of the molecule is CCNc1nn(C2CCS(=O)(=O)C2)c(N)c1C(=O)OC. The number of hydrogen-bond acceptors (Lipinski definition) is 7. The zero-order chi connectivity index (χ0) is 14.9. The average Bonchev–Trinajstić information content (AvgIpc) is 2.90. The monoisotopic (exact) mass is 302 g/mol. The molecule has 0 aliphatic carbocycles. The van der Waals surface area contributed by atoms with Crippen LogP contribution in [0.15, 0.2) is 0 Å². The highest BCUT2D eigenvalue weighted by atomic mass is 32.2. The average molecular weight is 302 g/mol. The third-order valence-corrected chi connectivity index (χ3v) is 4.99. The number of esters is 1. The number of sulfone groups is 1. The van der Waals surface area contributed by atoms with Crippen LogP contribution < -0.4 is 11.1 Å². The van der Waals surface area contributed by atoms with Gasteiger partial charge in [0.2, 0.25) is 0 Å². The van der Waals surface area contributed by atoms with Gasteiger partial charge in [0.25, 0.3) is 0 Å². The standard InChI is InChI=1S/C11H18N4O4S/c1-3-13-10-8(11(16)19-2)9(12)15(14-10)7-4-5-20(17,18)6-7/h7H,3-6,12H2,1-2H3,(H,13,14). The van der Waals surface area contributed by atoms with Crippen molar-refractivity contribution in [2.75, 3.05) is 36.2 Å². The summed E-state index contributed by atoms with van der Waals surface area (Å²) in [6, 6.07) is -0.337. The van der Waals surface area contributed by atoms with Gasteiger partial charge in [0.1, 0.15) is 11.4 Å². The van der Waals surface area contributed by atoms with Gasteiger partial charge in [0.05, 0.1) is 24.7 Å². The molecular weight excluding hydrogens is 284 g/mol. The van der Waals surface area contributed by atoms with Crippen LogP contribution >= 0.6 is 0 Å². The van der Waals surface area contributed by atoms with Crippen molar-refractivity contribution in [2.45, 2.75) is 19.4 Å². The lowest BCUT2D eigenvalue weighted by atomic mass is 10.2. The van der Waals surface area contributed by atoms with Crippen LogP contribution in [0.4, 0.5) is 11.6 Å². The molecule has 1 aliphatic heterocycles. The van der Waals surface area contributed by atoms with Crippen molar-refractivity contribution in [3.05, 3.63) is 5.56 Å². The minimum Gasteiger partial charge on any atom is -0.465 e. The summed E-state index contributed by atoms with van der Waals surface area (Å²) in [5.41, 5.74) is 6.10. The quantitative estimate of drug-likeness (QED) is 0.754. The second-order valence-corrected chi connectivity index (χ2v) is 6.86. The van der Waals surface area contributed by atoms with Gasteiger partial charge >= 0.3 is 5.97 Å². The number of nitrogens with two attached hydrogens (primary N) is 1. The number of ether oxygens (including phenoxy) is 1. The van der Waals surface area contributed by atoms with E-state index in [4.69, 9.17) is 10.5 Å². The van der Waals surface area contributed by atoms with E-state index < -0.39 is 15.8 Å². The topological polar surface area (TPSA) is 116 Å². The summed E-state index contributed by atoms with van der Waals surface area (Å²) in [6.07, 6.45) is 0.445. The summed E-state index contributed by atoms with van der Waals surface area (Å²) in [5, 5.41) is 7.17. The van der Waals surface area contributed by atoms with Gasteiger partial charge in [0, 0.05) is 6.54 Å². The Balaban J connectivity index is 2.42. The normalized spacial score (nSPS) is 20.8. The van der Waals surface area contributed by atoms with Crippen LogP contribution in [0.5, 0.6) is 0 Å². The zero-order valence-corrected chi connectivity index (χ0v) is 12.2. The molecule has 1 aromatic heterocycles. The summed E-state index contributed by atoms with van der Waals surface area (Å²) in [5.74, 6) is -0.0341. The van der Waals surface area contributed by atoms with Gasteiger partial charge in [-0.15, -0.1) is 0 Å². The lowest BCUT2D eigenvalue weighted by molar-refractivity contribution is 0.0603. The highest BCUT2D eigenvalue weighted by Crippen LogP contribution is 2.30. The lowest BCUT2D eigenvalue weighted by Gasteiger charge is -2.10. The van der Waals surface area contributed by atoms with Crippen LogP contribution in [-0.4, -0.2) is 49.3 Å². The molecule has 1 aromatic rings. The lowest BCUT2D eigenvalue weighted by Crippen LogP contribution is -2.15. The second-order valence-electron chi connectivity index (χ2n) is 4.63. The Morgan fingerprint density at radius 1 is 1.60 bits per heavy atom. The number of hydrogen-bond donors (Lipinski definition) is 2. The predicted molar refractivity (Wildman–Crippen MR) is 74.5 cm³/mol. The van der Waals surface area contributed by atoms with E-state index in [-0.39, 0.29) is 28.9 Å². The van der Waals surface area contributed by atoms with Gasteiger partial charge in [0.15, 0.2) is 15.7 Å². The Kier molecular flexibility index (Phi) is 3.89. The maximum atomic E-state index is 11.8. The minimum atomic E-state index is -3.06. The number of nitrogens with one attached hydrogen (secondary N) is 1. The molecule has 3 N–H and O–H groups in total. The first-order valence-electron chi connectivity index (χ1n) is 6.30. The second kappa shape index (κ2) is 5.31. The molecule has 1 unspecified atom stereocenters. The van der Waals surface area contributed by atoms with E-state index in [0.29, 0.717) is 18.8 Å². The molecule has 9 heteroatoms. The summed E-state index contributed by atoms with van der Waals surface area (Å²) in [7, 11) is -1.80. The molecule has 1 aliphatic rings. The Hall–Kier alpha value is -1.77. The van der Waals surface area contributed by atoms with Crippen LogP contribution in [0.2, 0.25) is 0 Å². The molecule has 8 nitrogen and oxygen atoms in total. The molecule has 0 spiro atoms. The first-order valence-corrected chi connectivity index (χ1v) is 8.12. The van der Waals surface area contributed by atoms with Crippen LogP contribution in [0, 0.1) is 0 Å². The van der Waals surface area contributed by atoms with Gasteiger partial charge in [-0.05, 0) is 13.3 Å². The fraction of sp³-hybridized carbons (Fsp3) is 0.636. The van der Waals surface area contributed by atoms with Crippen LogP contribution in [0.3, 0.4) is 0 Å². The fourth-order valence-corrected chi connectivity index (χ4v) is 3.98. The molecule has 0 saturated carbocycles. The maximum Gasteiger partial charge on any atom is 0.345 e. The summed E-state index contributed by atoms with van der Waals surface area (Å²) in [6.45, 7) is 2.42. The Bertz CT molecular complexity index is 623. The molecule has 1 fully saturated rings. The van der Waals surface area contributed by atoms with E-state index in [2.05, 4.69) is 10.4 Å². The first kappa shape index (κ1) is 14.6. The van der Waals surface area contributed by atoms with Gasteiger partial charge < -0.3 is 15.8 Å². The molecule has 0 radical (unpaired) electrons. The van der Waals surface area contributed by atoms with E-state index in [0.717, 1.165) is 0 Å². The molecule has 1 atom stereocenters. The third-order valence-electron chi connectivity index (χ3n) is 3.24. The smallest absolute Gasteiger partial charge is 0.345 e. The molecular formula is C11H18N4O4S. The van der Waals surface area contributed by atoms with Crippen molar-refractivity contribution in [2.24, 2.45) is 0 Å². The summed E-state index contributed by atoms with van der Waals surface area (Å²) < 4.78 is 29.2. The third kappa shape index (κ3) is 2.58. The van der Waals surface area contributed by atoms with E-state index in [1.54, 1.807) is 0 Å². The first-order chi connectivity index (χ1) is 9.39. The Morgan fingerprint density at radius 2 is 2.30 bits per heavy atom.